The molecule has 0 aliphatic carbocycles. The zero-order valence-electron chi connectivity index (χ0n) is 13.2. The molecule has 0 N–H and O–H groups in total. The predicted molar refractivity (Wildman–Crippen MR) is 87.4 cm³/mol. The van der Waals surface area contributed by atoms with Crippen LogP contribution in [0.5, 0.6) is 17.2 Å². The van der Waals surface area contributed by atoms with Crippen LogP contribution in [-0.4, -0.2) is 32.3 Å². The van der Waals surface area contributed by atoms with Gasteiger partial charge in [-0.2, -0.15) is 0 Å². The van der Waals surface area contributed by atoms with Gasteiger partial charge in [-0.25, -0.2) is 0 Å². The van der Waals surface area contributed by atoms with Crippen molar-refractivity contribution in [2.24, 2.45) is 0 Å². The van der Waals surface area contributed by atoms with E-state index >= 15 is 0 Å². The van der Waals surface area contributed by atoms with Crippen LogP contribution in [0.15, 0.2) is 48.5 Å². The molecule has 1 unspecified atom stereocenters. The summed E-state index contributed by atoms with van der Waals surface area (Å²) < 4.78 is 16.5. The molecule has 1 amide bonds. The topological polar surface area (TPSA) is 48.0 Å². The number of ether oxygens (including phenoxy) is 3. The van der Waals surface area contributed by atoms with E-state index in [9.17, 15) is 4.79 Å². The highest BCUT2D eigenvalue weighted by molar-refractivity contribution is 5.96. The fourth-order valence-corrected chi connectivity index (χ4v) is 2.63. The molecule has 1 aliphatic rings. The van der Waals surface area contributed by atoms with Crippen molar-refractivity contribution in [3.63, 3.8) is 0 Å². The summed E-state index contributed by atoms with van der Waals surface area (Å²) in [6, 6.07) is 14.8. The average Bonchev–Trinajstić information content (AvgIpc) is 2.59. The van der Waals surface area contributed by atoms with Gasteiger partial charge in [0.15, 0.2) is 18.1 Å². The van der Waals surface area contributed by atoms with E-state index in [1.165, 1.54) is 0 Å². The number of hydrogen-bond donors (Lipinski definition) is 0. The summed E-state index contributed by atoms with van der Waals surface area (Å²) in [5.41, 5.74) is 0.778. The first-order valence-corrected chi connectivity index (χ1v) is 7.50. The van der Waals surface area contributed by atoms with E-state index in [1.54, 1.807) is 24.1 Å². The van der Waals surface area contributed by atoms with Crippen LogP contribution in [0.3, 0.4) is 0 Å². The van der Waals surface area contributed by atoms with Crippen molar-refractivity contribution in [1.29, 1.82) is 0 Å². The minimum atomic E-state index is -0.112. The first-order chi connectivity index (χ1) is 11.2. The SMILES string of the molecule is COc1ccccc1OCC(=O)N1c2ccccc2OCC1C. The van der Waals surface area contributed by atoms with Crippen molar-refractivity contribution in [3.8, 4) is 17.2 Å². The van der Waals surface area contributed by atoms with Crippen LogP contribution in [0.25, 0.3) is 0 Å². The predicted octanol–water partition coefficient (Wildman–Crippen LogP) is 2.89. The van der Waals surface area contributed by atoms with Crippen molar-refractivity contribution >= 4 is 11.6 Å². The molecule has 0 radical (unpaired) electrons. The van der Waals surface area contributed by atoms with E-state index in [1.807, 2.05) is 43.3 Å². The summed E-state index contributed by atoms with van der Waals surface area (Å²) in [7, 11) is 1.57. The number of methoxy groups -OCH3 is 1. The number of anilines is 1. The van der Waals surface area contributed by atoms with Crippen LogP contribution >= 0.6 is 0 Å². The normalized spacial score (nSPS) is 16.3. The molecule has 0 aromatic heterocycles. The van der Waals surface area contributed by atoms with Gasteiger partial charge in [0.2, 0.25) is 0 Å². The quantitative estimate of drug-likeness (QED) is 0.871. The van der Waals surface area contributed by atoms with Crippen LogP contribution < -0.4 is 19.1 Å². The molecule has 1 aliphatic heterocycles. The molecule has 5 nitrogen and oxygen atoms in total. The summed E-state index contributed by atoms with van der Waals surface area (Å²) in [4.78, 5) is 14.4. The molecular weight excluding hydrogens is 294 g/mol. The lowest BCUT2D eigenvalue weighted by Crippen LogP contribution is -2.47. The molecule has 1 heterocycles. The summed E-state index contributed by atoms with van der Waals surface area (Å²) in [5.74, 6) is 1.77. The highest BCUT2D eigenvalue weighted by Gasteiger charge is 2.29. The number of nitrogens with zero attached hydrogens (tertiary/aromatic N) is 1. The van der Waals surface area contributed by atoms with Gasteiger partial charge in [-0.15, -0.1) is 0 Å². The highest BCUT2D eigenvalue weighted by atomic mass is 16.5. The van der Waals surface area contributed by atoms with Crippen molar-refractivity contribution in [3.05, 3.63) is 48.5 Å². The summed E-state index contributed by atoms with van der Waals surface area (Å²) in [5, 5.41) is 0. The van der Waals surface area contributed by atoms with E-state index in [2.05, 4.69) is 0 Å². The minimum absolute atomic E-state index is 0.0429. The van der Waals surface area contributed by atoms with Gasteiger partial charge in [0, 0.05) is 0 Å². The first kappa shape index (κ1) is 15.2. The Balaban J connectivity index is 1.76. The molecule has 0 spiro atoms. The van der Waals surface area contributed by atoms with Gasteiger partial charge in [-0.05, 0) is 31.2 Å². The van der Waals surface area contributed by atoms with Crippen molar-refractivity contribution in [2.45, 2.75) is 13.0 Å². The van der Waals surface area contributed by atoms with E-state index < -0.39 is 0 Å². The van der Waals surface area contributed by atoms with Gasteiger partial charge in [0.05, 0.1) is 18.8 Å². The maximum absolute atomic E-state index is 12.6. The monoisotopic (exact) mass is 313 g/mol. The molecule has 2 aromatic rings. The fraction of sp³-hybridized carbons (Fsp3) is 0.278. The van der Waals surface area contributed by atoms with Gasteiger partial charge >= 0.3 is 0 Å². The minimum Gasteiger partial charge on any atom is -0.493 e. The third-order valence-corrected chi connectivity index (χ3v) is 3.73. The maximum Gasteiger partial charge on any atom is 0.265 e. The number of para-hydroxylation sites is 4. The second-order valence-corrected chi connectivity index (χ2v) is 5.33. The van der Waals surface area contributed by atoms with E-state index in [4.69, 9.17) is 14.2 Å². The lowest BCUT2D eigenvalue weighted by molar-refractivity contribution is -0.121. The van der Waals surface area contributed by atoms with Gasteiger partial charge in [-0.1, -0.05) is 24.3 Å². The number of carbonyl (C=O) groups is 1. The summed E-state index contributed by atoms with van der Waals surface area (Å²) >= 11 is 0. The number of hydrogen-bond acceptors (Lipinski definition) is 4. The lowest BCUT2D eigenvalue weighted by Gasteiger charge is -2.34. The van der Waals surface area contributed by atoms with Crippen LogP contribution in [0.2, 0.25) is 0 Å². The number of fused-ring (bicyclic) bond motifs is 1. The van der Waals surface area contributed by atoms with E-state index in [0.717, 1.165) is 11.4 Å². The second kappa shape index (κ2) is 6.60. The standard InChI is InChI=1S/C18H19NO4/c1-13-11-22-15-8-4-3-7-14(15)19(13)18(20)12-23-17-10-6-5-9-16(17)21-2/h3-10,13H,11-12H2,1-2H3. The van der Waals surface area contributed by atoms with Gasteiger partial charge in [0.25, 0.3) is 5.91 Å². The van der Waals surface area contributed by atoms with Crippen molar-refractivity contribution in [1.82, 2.24) is 0 Å². The summed E-state index contributed by atoms with van der Waals surface area (Å²) in [6.45, 7) is 2.37. The Bertz CT molecular complexity index is 701. The zero-order valence-corrected chi connectivity index (χ0v) is 13.2. The number of benzene rings is 2. The van der Waals surface area contributed by atoms with Crippen molar-refractivity contribution < 1.29 is 19.0 Å². The maximum atomic E-state index is 12.6. The molecule has 23 heavy (non-hydrogen) atoms. The van der Waals surface area contributed by atoms with Crippen LogP contribution in [-0.2, 0) is 4.79 Å². The first-order valence-electron chi connectivity index (χ1n) is 7.50. The molecule has 0 fully saturated rings. The van der Waals surface area contributed by atoms with Gasteiger partial charge in [-0.3, -0.25) is 9.69 Å². The Kier molecular flexibility index (Phi) is 4.37. The molecule has 0 saturated carbocycles. The molecule has 3 rings (SSSR count). The largest absolute Gasteiger partial charge is 0.493 e. The zero-order chi connectivity index (χ0) is 16.2. The Morgan fingerprint density at radius 1 is 1.17 bits per heavy atom. The molecule has 5 heteroatoms. The molecule has 0 bridgehead atoms. The smallest absolute Gasteiger partial charge is 0.265 e. The van der Waals surface area contributed by atoms with Gasteiger partial charge < -0.3 is 14.2 Å². The van der Waals surface area contributed by atoms with Crippen LogP contribution in [0, 0.1) is 0 Å². The van der Waals surface area contributed by atoms with Crippen molar-refractivity contribution in [2.75, 3.05) is 25.2 Å². The van der Waals surface area contributed by atoms with E-state index in [0.29, 0.717) is 18.1 Å². The Labute approximate surface area is 135 Å². The Morgan fingerprint density at radius 3 is 2.65 bits per heavy atom. The molecular formula is C18H19NO4. The lowest BCUT2D eigenvalue weighted by atomic mass is 10.1. The van der Waals surface area contributed by atoms with E-state index in [-0.39, 0.29) is 18.6 Å². The second-order valence-electron chi connectivity index (χ2n) is 5.33. The van der Waals surface area contributed by atoms with Crippen LogP contribution in [0.1, 0.15) is 6.92 Å². The number of carbonyl (C=O) groups excluding carboxylic acids is 1. The molecule has 120 valence electrons. The van der Waals surface area contributed by atoms with Crippen LogP contribution in [0.4, 0.5) is 5.69 Å². The Morgan fingerprint density at radius 2 is 1.87 bits per heavy atom. The number of rotatable bonds is 4. The molecule has 1 atom stereocenters. The fourth-order valence-electron chi connectivity index (χ4n) is 2.63. The average molecular weight is 313 g/mol. The third-order valence-electron chi connectivity index (χ3n) is 3.73. The Hall–Kier alpha value is -2.69. The van der Waals surface area contributed by atoms with Gasteiger partial charge in [0.1, 0.15) is 12.4 Å². The molecule has 2 aromatic carbocycles. The molecule has 0 saturated heterocycles. The highest BCUT2D eigenvalue weighted by Crippen LogP contribution is 2.33. The third kappa shape index (κ3) is 3.08. The number of amides is 1. The summed E-state index contributed by atoms with van der Waals surface area (Å²) in [6.07, 6.45) is 0.